The van der Waals surface area contributed by atoms with Crippen LogP contribution >= 0.6 is 0 Å². The van der Waals surface area contributed by atoms with Crippen molar-refractivity contribution in [3.63, 3.8) is 0 Å². The van der Waals surface area contributed by atoms with Crippen LogP contribution in [-0.4, -0.2) is 15.4 Å². The molecule has 3 aromatic rings. The van der Waals surface area contributed by atoms with E-state index >= 15 is 0 Å². The highest BCUT2D eigenvalue weighted by Crippen LogP contribution is 2.32. The zero-order valence-corrected chi connectivity index (χ0v) is 10.9. The topological polar surface area (TPSA) is 66.5 Å². The third kappa shape index (κ3) is 2.12. The van der Waals surface area contributed by atoms with E-state index in [1.54, 1.807) is 48.5 Å². The Bertz CT molecular complexity index is 664. The minimum absolute atomic E-state index is 0.213. The van der Waals surface area contributed by atoms with Crippen molar-refractivity contribution in [2.75, 3.05) is 0 Å². The first-order valence-electron chi connectivity index (χ1n) is 6.20. The number of aromatic nitrogens is 1. The van der Waals surface area contributed by atoms with Gasteiger partial charge in [-0.05, 0) is 55.5 Å². The van der Waals surface area contributed by atoms with Crippen LogP contribution in [0.1, 0.15) is 5.56 Å². The Kier molecular flexibility index (Phi) is 2.91. The maximum Gasteiger partial charge on any atom is 0.170 e. The van der Waals surface area contributed by atoms with Crippen LogP contribution in [0.5, 0.6) is 11.5 Å². The van der Waals surface area contributed by atoms with Crippen LogP contribution in [-0.2, 0) is 0 Å². The summed E-state index contributed by atoms with van der Waals surface area (Å²) in [6, 6.07) is 13.6. The van der Waals surface area contributed by atoms with Gasteiger partial charge < -0.3 is 14.7 Å². The largest absolute Gasteiger partial charge is 0.508 e. The molecule has 0 unspecified atom stereocenters. The molecule has 0 atom stereocenters. The summed E-state index contributed by atoms with van der Waals surface area (Å²) in [4.78, 5) is 0. The fourth-order valence-electron chi connectivity index (χ4n) is 2.11. The summed E-state index contributed by atoms with van der Waals surface area (Å²) in [5, 5.41) is 22.7. The molecular weight excluding hydrogens is 254 g/mol. The molecule has 0 bridgehead atoms. The third-order valence-corrected chi connectivity index (χ3v) is 3.19. The number of nitrogens with zero attached hydrogens (tertiary/aromatic N) is 1. The molecule has 0 aliphatic heterocycles. The molecule has 3 rings (SSSR count). The molecule has 2 N–H and O–H groups in total. The van der Waals surface area contributed by atoms with Gasteiger partial charge in [0.25, 0.3) is 0 Å². The molecule has 0 radical (unpaired) electrons. The fourth-order valence-corrected chi connectivity index (χ4v) is 2.11. The first kappa shape index (κ1) is 12.3. The van der Waals surface area contributed by atoms with E-state index in [1.807, 2.05) is 6.92 Å². The lowest BCUT2D eigenvalue weighted by Crippen LogP contribution is -1.81. The molecule has 1 heterocycles. The van der Waals surface area contributed by atoms with Crippen molar-refractivity contribution in [1.82, 2.24) is 5.16 Å². The molecule has 0 saturated heterocycles. The van der Waals surface area contributed by atoms with Crippen LogP contribution in [0.15, 0.2) is 53.1 Å². The molecule has 2 aromatic carbocycles. The molecule has 0 spiro atoms. The molecule has 4 nitrogen and oxygen atoms in total. The lowest BCUT2D eigenvalue weighted by Gasteiger charge is -2.00. The predicted molar refractivity (Wildman–Crippen MR) is 75.4 cm³/mol. The summed E-state index contributed by atoms with van der Waals surface area (Å²) in [5.41, 5.74) is 3.40. The summed E-state index contributed by atoms with van der Waals surface area (Å²) in [6.45, 7) is 1.93. The second-order valence-electron chi connectivity index (χ2n) is 4.58. The van der Waals surface area contributed by atoms with E-state index in [0.29, 0.717) is 5.76 Å². The second-order valence-corrected chi connectivity index (χ2v) is 4.58. The quantitative estimate of drug-likeness (QED) is 0.742. The summed E-state index contributed by atoms with van der Waals surface area (Å²) < 4.78 is 5.41. The standard InChI is InChI=1S/C16H13NO3/c1-10-15(11-2-6-13(18)7-3-11)17-20-16(10)12-4-8-14(19)9-5-12/h2-9,18-19H,1H3. The third-order valence-electron chi connectivity index (χ3n) is 3.19. The van der Waals surface area contributed by atoms with Crippen LogP contribution in [0.4, 0.5) is 0 Å². The van der Waals surface area contributed by atoms with E-state index in [-0.39, 0.29) is 11.5 Å². The van der Waals surface area contributed by atoms with Crippen molar-refractivity contribution >= 4 is 0 Å². The Morgan fingerprint density at radius 1 is 0.800 bits per heavy atom. The van der Waals surface area contributed by atoms with Crippen molar-refractivity contribution < 1.29 is 14.7 Å². The number of benzene rings is 2. The van der Waals surface area contributed by atoms with Gasteiger partial charge in [-0.25, -0.2) is 0 Å². The first-order valence-corrected chi connectivity index (χ1v) is 6.20. The van der Waals surface area contributed by atoms with Crippen LogP contribution in [0.25, 0.3) is 22.6 Å². The molecule has 100 valence electrons. The summed E-state index contributed by atoms with van der Waals surface area (Å²) in [7, 11) is 0. The van der Waals surface area contributed by atoms with Gasteiger partial charge in [0.05, 0.1) is 0 Å². The second kappa shape index (κ2) is 4.74. The van der Waals surface area contributed by atoms with Crippen LogP contribution in [0.2, 0.25) is 0 Å². The Hall–Kier alpha value is -2.75. The zero-order valence-electron chi connectivity index (χ0n) is 10.9. The van der Waals surface area contributed by atoms with Gasteiger partial charge in [-0.2, -0.15) is 0 Å². The van der Waals surface area contributed by atoms with E-state index in [4.69, 9.17) is 4.52 Å². The summed E-state index contributed by atoms with van der Waals surface area (Å²) in [6.07, 6.45) is 0. The van der Waals surface area contributed by atoms with Gasteiger partial charge >= 0.3 is 0 Å². The minimum Gasteiger partial charge on any atom is -0.508 e. The number of phenolic OH excluding ortho intramolecular Hbond substituents is 2. The number of phenols is 2. The molecule has 20 heavy (non-hydrogen) atoms. The van der Waals surface area contributed by atoms with Gasteiger partial charge in [-0.1, -0.05) is 5.16 Å². The minimum atomic E-state index is 0.213. The van der Waals surface area contributed by atoms with Gasteiger partial charge in [0.1, 0.15) is 17.2 Å². The smallest absolute Gasteiger partial charge is 0.170 e. The van der Waals surface area contributed by atoms with Gasteiger partial charge in [0, 0.05) is 16.7 Å². The Morgan fingerprint density at radius 2 is 1.30 bits per heavy atom. The van der Waals surface area contributed by atoms with Gasteiger partial charge in [-0.3, -0.25) is 0 Å². The van der Waals surface area contributed by atoms with Crippen LogP contribution < -0.4 is 0 Å². The highest BCUT2D eigenvalue weighted by Gasteiger charge is 2.15. The lowest BCUT2D eigenvalue weighted by atomic mass is 10.0. The number of rotatable bonds is 2. The van der Waals surface area contributed by atoms with E-state index in [0.717, 1.165) is 22.4 Å². The van der Waals surface area contributed by atoms with Crippen LogP contribution in [0.3, 0.4) is 0 Å². The number of aromatic hydroxyl groups is 2. The lowest BCUT2D eigenvalue weighted by molar-refractivity contribution is 0.434. The SMILES string of the molecule is Cc1c(-c2ccc(O)cc2)noc1-c1ccc(O)cc1. The zero-order chi connectivity index (χ0) is 14.1. The van der Waals surface area contributed by atoms with E-state index in [1.165, 1.54) is 0 Å². The molecule has 0 saturated carbocycles. The van der Waals surface area contributed by atoms with Crippen molar-refractivity contribution in [2.24, 2.45) is 0 Å². The van der Waals surface area contributed by atoms with Crippen molar-refractivity contribution in [3.8, 4) is 34.1 Å². The molecule has 0 amide bonds. The monoisotopic (exact) mass is 267 g/mol. The Labute approximate surface area is 115 Å². The van der Waals surface area contributed by atoms with Gasteiger partial charge in [0.15, 0.2) is 5.76 Å². The highest BCUT2D eigenvalue weighted by atomic mass is 16.5. The van der Waals surface area contributed by atoms with E-state index in [9.17, 15) is 10.2 Å². The maximum atomic E-state index is 9.31. The molecule has 4 heteroatoms. The maximum absolute atomic E-state index is 9.31. The van der Waals surface area contributed by atoms with Crippen molar-refractivity contribution in [2.45, 2.75) is 6.92 Å². The highest BCUT2D eigenvalue weighted by molar-refractivity contribution is 5.72. The molecule has 0 fully saturated rings. The van der Waals surface area contributed by atoms with Crippen molar-refractivity contribution in [1.29, 1.82) is 0 Å². The summed E-state index contributed by atoms with van der Waals surface area (Å²) >= 11 is 0. The average Bonchev–Trinajstić information content (AvgIpc) is 2.83. The van der Waals surface area contributed by atoms with Crippen molar-refractivity contribution in [3.05, 3.63) is 54.1 Å². The molecule has 1 aromatic heterocycles. The van der Waals surface area contributed by atoms with Gasteiger partial charge in [0.2, 0.25) is 0 Å². The molecular formula is C16H13NO3. The number of hydrogen-bond donors (Lipinski definition) is 2. The average molecular weight is 267 g/mol. The van der Waals surface area contributed by atoms with E-state index in [2.05, 4.69) is 5.16 Å². The molecule has 0 aliphatic rings. The Balaban J connectivity index is 2.04. The normalized spacial score (nSPS) is 10.7. The van der Waals surface area contributed by atoms with Gasteiger partial charge in [-0.15, -0.1) is 0 Å². The first-order chi connectivity index (χ1) is 9.65. The molecule has 0 aliphatic carbocycles. The predicted octanol–water partition coefficient (Wildman–Crippen LogP) is 3.73. The number of hydrogen-bond acceptors (Lipinski definition) is 4. The summed E-state index contributed by atoms with van der Waals surface area (Å²) in [5.74, 6) is 1.10. The van der Waals surface area contributed by atoms with Crippen LogP contribution in [0, 0.1) is 6.92 Å². The van der Waals surface area contributed by atoms with E-state index < -0.39 is 0 Å². The Morgan fingerprint density at radius 3 is 1.85 bits per heavy atom. The fraction of sp³-hybridized carbons (Fsp3) is 0.0625.